The van der Waals surface area contributed by atoms with Gasteiger partial charge >= 0.3 is 5.97 Å². The molecule has 2 rings (SSSR count). The van der Waals surface area contributed by atoms with Gasteiger partial charge in [0, 0.05) is 0 Å². The van der Waals surface area contributed by atoms with Crippen LogP contribution in [0.15, 0.2) is 29.3 Å². The number of para-hydroxylation sites is 2. The lowest BCUT2D eigenvalue weighted by molar-refractivity contribution is -0.133. The summed E-state index contributed by atoms with van der Waals surface area (Å²) in [6.45, 7) is 0. The van der Waals surface area contributed by atoms with Gasteiger partial charge in [0.15, 0.2) is 5.15 Å². The minimum absolute atomic E-state index is 0.0766. The van der Waals surface area contributed by atoms with E-state index < -0.39 is 5.97 Å². The normalized spacial score (nSPS) is 10.6. The number of carbonyl (C=O) groups is 1. The smallest absolute Gasteiger partial charge is 0.313 e. The van der Waals surface area contributed by atoms with E-state index in [2.05, 4.69) is 9.97 Å². The molecule has 4 nitrogen and oxygen atoms in total. The highest BCUT2D eigenvalue weighted by molar-refractivity contribution is 8.00. The maximum atomic E-state index is 10.4. The summed E-state index contributed by atoms with van der Waals surface area (Å²) in [5.41, 5.74) is 1.41. The van der Waals surface area contributed by atoms with Gasteiger partial charge in [-0.25, -0.2) is 9.97 Å². The van der Waals surface area contributed by atoms with Gasteiger partial charge in [0.05, 0.1) is 16.8 Å². The number of carboxylic acids is 1. The molecule has 1 N–H and O–H groups in total. The second-order valence-corrected chi connectivity index (χ2v) is 4.31. The van der Waals surface area contributed by atoms with Crippen molar-refractivity contribution in [3.63, 3.8) is 0 Å². The molecule has 0 aliphatic heterocycles. The molecule has 0 saturated heterocycles. The van der Waals surface area contributed by atoms with E-state index in [-0.39, 0.29) is 10.9 Å². The van der Waals surface area contributed by atoms with Crippen LogP contribution in [0.25, 0.3) is 11.0 Å². The molecular formula is C10H7ClN2O2S. The maximum absolute atomic E-state index is 10.4. The third kappa shape index (κ3) is 2.43. The number of aliphatic carboxylic acids is 1. The van der Waals surface area contributed by atoms with Crippen LogP contribution in [0.1, 0.15) is 0 Å². The zero-order chi connectivity index (χ0) is 11.5. The summed E-state index contributed by atoms with van der Waals surface area (Å²) in [7, 11) is 0. The number of hydrogen-bond donors (Lipinski definition) is 1. The van der Waals surface area contributed by atoms with E-state index in [1.54, 1.807) is 6.07 Å². The predicted octanol–water partition coefficient (Wildman–Crippen LogP) is 2.46. The zero-order valence-corrected chi connectivity index (χ0v) is 9.63. The molecule has 0 spiro atoms. The van der Waals surface area contributed by atoms with Crippen LogP contribution in [0.5, 0.6) is 0 Å². The van der Waals surface area contributed by atoms with E-state index in [9.17, 15) is 4.79 Å². The summed E-state index contributed by atoms with van der Waals surface area (Å²) < 4.78 is 0. The number of hydrogen-bond acceptors (Lipinski definition) is 4. The fourth-order valence-corrected chi connectivity index (χ4v) is 2.07. The first kappa shape index (κ1) is 11.2. The van der Waals surface area contributed by atoms with Gasteiger partial charge in [0.1, 0.15) is 5.03 Å². The Labute approximate surface area is 101 Å². The Morgan fingerprint density at radius 1 is 1.31 bits per heavy atom. The summed E-state index contributed by atoms with van der Waals surface area (Å²) >= 11 is 6.96. The molecule has 1 aromatic carbocycles. The number of halogens is 1. The second-order valence-electron chi connectivity index (χ2n) is 2.99. The van der Waals surface area contributed by atoms with E-state index in [0.29, 0.717) is 16.1 Å². The van der Waals surface area contributed by atoms with Gasteiger partial charge in [0.2, 0.25) is 0 Å². The number of aromatic nitrogens is 2. The van der Waals surface area contributed by atoms with Crippen molar-refractivity contribution in [1.82, 2.24) is 9.97 Å². The second kappa shape index (κ2) is 4.67. The SMILES string of the molecule is O=C(O)CSc1nc2ccccc2nc1Cl. The van der Waals surface area contributed by atoms with Crippen LogP contribution in [0.3, 0.4) is 0 Å². The Balaban J connectivity index is 2.38. The van der Waals surface area contributed by atoms with Gasteiger partial charge in [-0.2, -0.15) is 0 Å². The molecule has 0 saturated carbocycles. The number of nitrogens with zero attached hydrogens (tertiary/aromatic N) is 2. The molecule has 6 heteroatoms. The van der Waals surface area contributed by atoms with Crippen molar-refractivity contribution in [2.24, 2.45) is 0 Å². The van der Waals surface area contributed by atoms with E-state index >= 15 is 0 Å². The van der Waals surface area contributed by atoms with Crippen LogP contribution in [-0.4, -0.2) is 26.8 Å². The van der Waals surface area contributed by atoms with Crippen molar-refractivity contribution in [3.8, 4) is 0 Å². The van der Waals surface area contributed by atoms with Crippen molar-refractivity contribution in [2.75, 3.05) is 5.75 Å². The van der Waals surface area contributed by atoms with E-state index in [1.165, 1.54) is 0 Å². The van der Waals surface area contributed by atoms with E-state index in [4.69, 9.17) is 16.7 Å². The number of thioether (sulfide) groups is 1. The molecule has 1 heterocycles. The van der Waals surface area contributed by atoms with Crippen LogP contribution < -0.4 is 0 Å². The van der Waals surface area contributed by atoms with E-state index in [0.717, 1.165) is 11.8 Å². The fourth-order valence-electron chi connectivity index (χ4n) is 1.18. The number of fused-ring (bicyclic) bond motifs is 1. The lowest BCUT2D eigenvalue weighted by Crippen LogP contribution is -1.99. The summed E-state index contributed by atoms with van der Waals surface area (Å²) in [6.07, 6.45) is 0. The van der Waals surface area contributed by atoms with Crippen molar-refractivity contribution in [1.29, 1.82) is 0 Å². The summed E-state index contributed by atoms with van der Waals surface area (Å²) in [5.74, 6) is -0.983. The quantitative estimate of drug-likeness (QED) is 0.853. The van der Waals surface area contributed by atoms with Gasteiger partial charge in [-0.3, -0.25) is 4.79 Å². The van der Waals surface area contributed by atoms with Gasteiger partial charge in [-0.05, 0) is 12.1 Å². The molecule has 0 aliphatic rings. The van der Waals surface area contributed by atoms with Crippen molar-refractivity contribution in [3.05, 3.63) is 29.4 Å². The lowest BCUT2D eigenvalue weighted by atomic mass is 10.3. The molecule has 2 aromatic rings. The number of carboxylic acid groups (broad SMARTS) is 1. The number of rotatable bonds is 3. The molecule has 0 aliphatic carbocycles. The standard InChI is InChI=1S/C10H7ClN2O2S/c11-9-10(16-5-8(14)15)13-7-4-2-1-3-6(7)12-9/h1-4H,5H2,(H,14,15). The van der Waals surface area contributed by atoms with Gasteiger partial charge in [-0.1, -0.05) is 35.5 Å². The van der Waals surface area contributed by atoms with Gasteiger partial charge < -0.3 is 5.11 Å². The monoisotopic (exact) mass is 254 g/mol. The van der Waals surface area contributed by atoms with Crippen LogP contribution in [0.2, 0.25) is 5.15 Å². The van der Waals surface area contributed by atoms with Crippen molar-refractivity contribution in [2.45, 2.75) is 5.03 Å². The van der Waals surface area contributed by atoms with Crippen molar-refractivity contribution >= 4 is 40.4 Å². The minimum atomic E-state index is -0.906. The first-order chi connectivity index (χ1) is 7.66. The zero-order valence-electron chi connectivity index (χ0n) is 8.05. The maximum Gasteiger partial charge on any atom is 0.313 e. The van der Waals surface area contributed by atoms with Crippen LogP contribution in [-0.2, 0) is 4.79 Å². The van der Waals surface area contributed by atoms with Crippen LogP contribution >= 0.6 is 23.4 Å². The molecule has 0 bridgehead atoms. The van der Waals surface area contributed by atoms with Gasteiger partial charge in [-0.15, -0.1) is 0 Å². The third-order valence-corrected chi connectivity index (χ3v) is 3.16. The summed E-state index contributed by atoms with van der Waals surface area (Å²) in [4.78, 5) is 18.8. The Morgan fingerprint density at radius 2 is 1.94 bits per heavy atom. The van der Waals surface area contributed by atoms with Crippen LogP contribution in [0, 0.1) is 0 Å². The fraction of sp³-hybridized carbons (Fsp3) is 0.100. The predicted molar refractivity (Wildman–Crippen MR) is 62.9 cm³/mol. The molecule has 0 radical (unpaired) electrons. The molecule has 0 atom stereocenters. The van der Waals surface area contributed by atoms with Crippen LogP contribution in [0.4, 0.5) is 0 Å². The minimum Gasteiger partial charge on any atom is -0.481 e. The highest BCUT2D eigenvalue weighted by Gasteiger charge is 2.08. The molecular weight excluding hydrogens is 248 g/mol. The first-order valence-electron chi connectivity index (χ1n) is 4.43. The Kier molecular flexibility index (Phi) is 3.26. The highest BCUT2D eigenvalue weighted by Crippen LogP contribution is 2.25. The van der Waals surface area contributed by atoms with E-state index in [1.807, 2.05) is 18.2 Å². The Bertz CT molecular complexity index is 547. The average Bonchev–Trinajstić information content (AvgIpc) is 2.26. The Morgan fingerprint density at radius 3 is 2.56 bits per heavy atom. The largest absolute Gasteiger partial charge is 0.481 e. The average molecular weight is 255 g/mol. The summed E-state index contributed by atoms with van der Waals surface area (Å²) in [5, 5.41) is 9.25. The first-order valence-corrected chi connectivity index (χ1v) is 5.80. The topological polar surface area (TPSA) is 63.1 Å². The van der Waals surface area contributed by atoms with Crippen molar-refractivity contribution < 1.29 is 9.90 Å². The molecule has 0 amide bonds. The molecule has 1 aromatic heterocycles. The molecule has 82 valence electrons. The summed E-state index contributed by atoms with van der Waals surface area (Å²) in [6, 6.07) is 7.30. The molecule has 0 fully saturated rings. The highest BCUT2D eigenvalue weighted by atomic mass is 35.5. The Hall–Kier alpha value is -1.33. The molecule has 16 heavy (non-hydrogen) atoms. The van der Waals surface area contributed by atoms with Gasteiger partial charge in [0.25, 0.3) is 0 Å². The molecule has 0 unspecified atom stereocenters. The third-order valence-electron chi connectivity index (χ3n) is 1.83. The lowest BCUT2D eigenvalue weighted by Gasteiger charge is -2.02. The number of benzene rings is 1.